The van der Waals surface area contributed by atoms with Crippen LogP contribution in [0.15, 0.2) is 36.0 Å². The Hall–Kier alpha value is -1.84. The molecule has 0 spiro atoms. The van der Waals surface area contributed by atoms with Crippen LogP contribution in [0, 0.1) is 5.92 Å². The monoisotopic (exact) mass is 310 g/mol. The van der Waals surface area contributed by atoms with E-state index in [0.717, 1.165) is 24.8 Å². The van der Waals surface area contributed by atoms with Gasteiger partial charge in [-0.15, -0.1) is 0 Å². The molecular weight excluding hydrogens is 280 g/mol. The molecule has 0 aliphatic carbocycles. The number of allylic oxidation sites excluding steroid dienone is 3. The first-order chi connectivity index (χ1) is 10.2. The SMILES string of the molecule is C=CC(=O)OCCC(C)CCC=C(C)C.CC(C)=CC(=O)O. The van der Waals surface area contributed by atoms with Gasteiger partial charge < -0.3 is 9.84 Å². The molecule has 0 bridgehead atoms. The first kappa shape index (κ1) is 22.4. The van der Waals surface area contributed by atoms with Gasteiger partial charge in [0, 0.05) is 12.2 Å². The van der Waals surface area contributed by atoms with Crippen molar-refractivity contribution in [1.29, 1.82) is 0 Å². The highest BCUT2D eigenvalue weighted by Crippen LogP contribution is 2.11. The van der Waals surface area contributed by atoms with Gasteiger partial charge in [0.1, 0.15) is 0 Å². The van der Waals surface area contributed by atoms with E-state index < -0.39 is 5.97 Å². The van der Waals surface area contributed by atoms with Gasteiger partial charge in [0.15, 0.2) is 0 Å². The first-order valence-electron chi connectivity index (χ1n) is 7.49. The van der Waals surface area contributed by atoms with Gasteiger partial charge in [-0.25, -0.2) is 9.59 Å². The van der Waals surface area contributed by atoms with Crippen molar-refractivity contribution < 1.29 is 19.4 Å². The van der Waals surface area contributed by atoms with Crippen LogP contribution >= 0.6 is 0 Å². The average molecular weight is 310 g/mol. The van der Waals surface area contributed by atoms with E-state index in [2.05, 4.69) is 33.4 Å². The van der Waals surface area contributed by atoms with Crippen LogP contribution in [0.4, 0.5) is 0 Å². The minimum Gasteiger partial charge on any atom is -0.478 e. The van der Waals surface area contributed by atoms with Crippen LogP contribution in [0.25, 0.3) is 0 Å². The number of ether oxygens (including phenoxy) is 1. The zero-order valence-corrected chi connectivity index (χ0v) is 14.5. The van der Waals surface area contributed by atoms with Crippen molar-refractivity contribution in [2.75, 3.05) is 6.61 Å². The molecule has 0 aromatic rings. The number of rotatable bonds is 8. The van der Waals surface area contributed by atoms with Crippen LogP contribution in [0.2, 0.25) is 0 Å². The lowest BCUT2D eigenvalue weighted by Crippen LogP contribution is -2.06. The highest BCUT2D eigenvalue weighted by molar-refractivity contribution is 5.81. The summed E-state index contributed by atoms with van der Waals surface area (Å²) in [6.45, 7) is 13.7. The Bertz CT molecular complexity index is 397. The quantitative estimate of drug-likeness (QED) is 0.406. The fourth-order valence-corrected chi connectivity index (χ4v) is 1.47. The summed E-state index contributed by atoms with van der Waals surface area (Å²) in [7, 11) is 0. The Morgan fingerprint density at radius 2 is 1.73 bits per heavy atom. The number of carboxylic acids is 1. The molecule has 0 radical (unpaired) electrons. The largest absolute Gasteiger partial charge is 0.478 e. The van der Waals surface area contributed by atoms with Crippen molar-refractivity contribution in [3.05, 3.63) is 36.0 Å². The summed E-state index contributed by atoms with van der Waals surface area (Å²) in [5.41, 5.74) is 2.17. The zero-order valence-electron chi connectivity index (χ0n) is 14.5. The zero-order chi connectivity index (χ0) is 17.5. The standard InChI is InChI=1S/C13H22O2.C5H8O2/c1-5-13(14)15-10-9-12(4)8-6-7-11(2)3;1-4(2)3-5(6)7/h5,7,12H,1,6,8-10H2,2-4H3;3H,1-2H3,(H,6,7). The average Bonchev–Trinajstić information content (AvgIpc) is 2.37. The van der Waals surface area contributed by atoms with Gasteiger partial charge in [-0.3, -0.25) is 0 Å². The van der Waals surface area contributed by atoms with Crippen molar-refractivity contribution in [1.82, 2.24) is 0 Å². The Morgan fingerprint density at radius 3 is 2.09 bits per heavy atom. The molecule has 22 heavy (non-hydrogen) atoms. The van der Waals surface area contributed by atoms with Crippen molar-refractivity contribution in [3.8, 4) is 0 Å². The lowest BCUT2D eigenvalue weighted by atomic mass is 10.0. The van der Waals surface area contributed by atoms with Crippen LogP contribution in [0.5, 0.6) is 0 Å². The maximum atomic E-state index is 10.7. The Balaban J connectivity index is 0. The van der Waals surface area contributed by atoms with Gasteiger partial charge in [-0.2, -0.15) is 0 Å². The summed E-state index contributed by atoms with van der Waals surface area (Å²) >= 11 is 0. The van der Waals surface area contributed by atoms with Crippen LogP contribution in [-0.2, 0) is 14.3 Å². The molecule has 0 heterocycles. The summed E-state index contributed by atoms with van der Waals surface area (Å²) in [5, 5.41) is 8.01. The number of carbonyl (C=O) groups excluding carboxylic acids is 1. The molecule has 0 rings (SSSR count). The molecule has 126 valence electrons. The minimum atomic E-state index is -0.875. The molecule has 0 amide bonds. The summed E-state index contributed by atoms with van der Waals surface area (Å²) in [4.78, 5) is 20.5. The van der Waals surface area contributed by atoms with E-state index in [1.807, 2.05) is 0 Å². The molecule has 0 saturated heterocycles. The molecule has 4 heteroatoms. The number of hydrogen-bond acceptors (Lipinski definition) is 3. The van der Waals surface area contributed by atoms with Crippen molar-refractivity contribution in [2.24, 2.45) is 5.92 Å². The summed E-state index contributed by atoms with van der Waals surface area (Å²) in [5.74, 6) is -0.607. The maximum Gasteiger partial charge on any atom is 0.330 e. The van der Waals surface area contributed by atoms with Crippen LogP contribution in [0.1, 0.15) is 53.9 Å². The van der Waals surface area contributed by atoms with Gasteiger partial charge in [0.2, 0.25) is 0 Å². The molecule has 0 aromatic carbocycles. The number of hydrogen-bond donors (Lipinski definition) is 1. The molecule has 0 saturated carbocycles. The van der Waals surface area contributed by atoms with E-state index in [1.54, 1.807) is 13.8 Å². The van der Waals surface area contributed by atoms with E-state index in [-0.39, 0.29) is 5.97 Å². The summed E-state index contributed by atoms with van der Waals surface area (Å²) < 4.78 is 4.92. The van der Waals surface area contributed by atoms with E-state index in [1.165, 1.54) is 17.7 Å². The molecule has 1 N–H and O–H groups in total. The molecule has 0 fully saturated rings. The molecule has 1 atom stereocenters. The van der Waals surface area contributed by atoms with Gasteiger partial charge >= 0.3 is 11.9 Å². The third-order valence-electron chi connectivity index (χ3n) is 2.65. The van der Waals surface area contributed by atoms with E-state index in [4.69, 9.17) is 9.84 Å². The molecular formula is C18H30O4. The smallest absolute Gasteiger partial charge is 0.330 e. The Morgan fingerprint density at radius 1 is 1.14 bits per heavy atom. The maximum absolute atomic E-state index is 10.7. The lowest BCUT2D eigenvalue weighted by Gasteiger charge is -2.09. The lowest BCUT2D eigenvalue weighted by molar-refractivity contribution is -0.138. The summed E-state index contributed by atoms with van der Waals surface area (Å²) in [6.07, 6.45) is 7.80. The number of aliphatic carboxylic acids is 1. The molecule has 0 aliphatic heterocycles. The number of carbonyl (C=O) groups is 2. The van der Waals surface area contributed by atoms with Gasteiger partial charge in [0.05, 0.1) is 6.61 Å². The third-order valence-corrected chi connectivity index (χ3v) is 2.65. The Labute approximate surface area is 134 Å². The van der Waals surface area contributed by atoms with Crippen molar-refractivity contribution in [2.45, 2.75) is 53.9 Å². The molecule has 0 aromatic heterocycles. The van der Waals surface area contributed by atoms with E-state index >= 15 is 0 Å². The van der Waals surface area contributed by atoms with Gasteiger partial charge in [-0.1, -0.05) is 30.7 Å². The third kappa shape index (κ3) is 20.5. The van der Waals surface area contributed by atoms with Crippen LogP contribution in [-0.4, -0.2) is 23.7 Å². The normalized spacial score (nSPS) is 10.4. The second-order valence-corrected chi connectivity index (χ2v) is 5.68. The van der Waals surface area contributed by atoms with Crippen LogP contribution < -0.4 is 0 Å². The van der Waals surface area contributed by atoms with Crippen molar-refractivity contribution >= 4 is 11.9 Å². The van der Waals surface area contributed by atoms with Gasteiger partial charge in [0.25, 0.3) is 0 Å². The summed E-state index contributed by atoms with van der Waals surface area (Å²) in [6, 6.07) is 0. The highest BCUT2D eigenvalue weighted by atomic mass is 16.5. The van der Waals surface area contributed by atoms with Crippen LogP contribution in [0.3, 0.4) is 0 Å². The Kier molecular flexibility index (Phi) is 14.4. The predicted octanol–water partition coefficient (Wildman–Crippen LogP) is 4.53. The second-order valence-electron chi connectivity index (χ2n) is 5.68. The molecule has 4 nitrogen and oxygen atoms in total. The van der Waals surface area contributed by atoms with E-state index in [0.29, 0.717) is 12.5 Å². The fourth-order valence-electron chi connectivity index (χ4n) is 1.47. The fraction of sp³-hybridized carbons (Fsp3) is 0.556. The number of carboxylic acid groups (broad SMARTS) is 1. The number of esters is 1. The molecule has 0 aliphatic rings. The van der Waals surface area contributed by atoms with E-state index in [9.17, 15) is 9.59 Å². The first-order valence-corrected chi connectivity index (χ1v) is 7.49. The molecule has 1 unspecified atom stereocenters. The minimum absolute atomic E-state index is 0.327. The predicted molar refractivity (Wildman–Crippen MR) is 90.7 cm³/mol. The van der Waals surface area contributed by atoms with Crippen molar-refractivity contribution in [3.63, 3.8) is 0 Å². The topological polar surface area (TPSA) is 63.6 Å². The second kappa shape index (κ2) is 14.1. The van der Waals surface area contributed by atoms with Gasteiger partial charge in [-0.05, 0) is 52.9 Å². The highest BCUT2D eigenvalue weighted by Gasteiger charge is 2.02.